The SMILES string of the molecule is Cc1ccc(-c2cc(C(=O)NNC(=O)c3nn(C(C)C)c(=O)c4ccccc34)c3ccccc3n2)cc1. The van der Waals surface area contributed by atoms with Crippen molar-refractivity contribution < 1.29 is 9.59 Å². The van der Waals surface area contributed by atoms with Gasteiger partial charge in [-0.3, -0.25) is 25.2 Å². The van der Waals surface area contributed by atoms with Crippen LogP contribution in [0.1, 0.15) is 46.3 Å². The molecule has 2 heterocycles. The second kappa shape index (κ2) is 9.66. The molecule has 5 rings (SSSR count). The van der Waals surface area contributed by atoms with Crippen molar-refractivity contribution in [2.75, 3.05) is 0 Å². The summed E-state index contributed by atoms with van der Waals surface area (Å²) in [5.41, 5.74) is 8.42. The van der Waals surface area contributed by atoms with Crippen molar-refractivity contribution in [3.8, 4) is 11.3 Å². The molecule has 0 radical (unpaired) electrons. The summed E-state index contributed by atoms with van der Waals surface area (Å²) in [7, 11) is 0. The number of aryl methyl sites for hydroxylation is 1. The van der Waals surface area contributed by atoms with E-state index in [2.05, 4.69) is 16.0 Å². The number of amides is 2. The minimum absolute atomic E-state index is 0.0455. The van der Waals surface area contributed by atoms with Crippen molar-refractivity contribution in [2.45, 2.75) is 26.8 Å². The summed E-state index contributed by atoms with van der Waals surface area (Å²) in [6, 6.07) is 23.5. The molecule has 0 aliphatic heterocycles. The van der Waals surface area contributed by atoms with Gasteiger partial charge in [-0.15, -0.1) is 0 Å². The number of pyridine rings is 1. The molecule has 0 bridgehead atoms. The zero-order valence-electron chi connectivity index (χ0n) is 20.6. The molecule has 0 atom stereocenters. The van der Waals surface area contributed by atoms with Crippen LogP contribution in [-0.2, 0) is 0 Å². The van der Waals surface area contributed by atoms with Crippen molar-refractivity contribution in [1.82, 2.24) is 25.6 Å². The Hall–Kier alpha value is -4.85. The number of carbonyl (C=O) groups excluding carboxylic acids is 2. The molecule has 8 heteroatoms. The second-order valence-corrected chi connectivity index (χ2v) is 9.08. The molecular formula is C29H25N5O3. The number of hydrogen-bond donors (Lipinski definition) is 2. The minimum atomic E-state index is -0.629. The highest BCUT2D eigenvalue weighted by Gasteiger charge is 2.20. The predicted octanol–water partition coefficient (Wildman–Crippen LogP) is 4.58. The molecule has 0 unspecified atom stereocenters. The predicted molar refractivity (Wildman–Crippen MR) is 143 cm³/mol. The van der Waals surface area contributed by atoms with Gasteiger partial charge < -0.3 is 0 Å². The number of rotatable bonds is 4. The van der Waals surface area contributed by atoms with Crippen LogP contribution in [0.4, 0.5) is 0 Å². The van der Waals surface area contributed by atoms with Gasteiger partial charge in [0.25, 0.3) is 17.4 Å². The average Bonchev–Trinajstić information content (AvgIpc) is 2.91. The van der Waals surface area contributed by atoms with Crippen LogP contribution in [0, 0.1) is 6.92 Å². The molecule has 0 fully saturated rings. The van der Waals surface area contributed by atoms with Gasteiger partial charge in [0.1, 0.15) is 0 Å². The van der Waals surface area contributed by atoms with Crippen molar-refractivity contribution in [1.29, 1.82) is 0 Å². The smallest absolute Gasteiger partial charge is 0.267 e. The monoisotopic (exact) mass is 491 g/mol. The van der Waals surface area contributed by atoms with E-state index in [-0.39, 0.29) is 17.3 Å². The maximum absolute atomic E-state index is 13.3. The summed E-state index contributed by atoms with van der Waals surface area (Å²) >= 11 is 0. The van der Waals surface area contributed by atoms with Crippen LogP contribution in [0.2, 0.25) is 0 Å². The number of para-hydroxylation sites is 1. The number of benzene rings is 3. The molecule has 184 valence electrons. The summed E-state index contributed by atoms with van der Waals surface area (Å²) in [6.45, 7) is 5.63. The highest BCUT2D eigenvalue weighted by molar-refractivity contribution is 6.09. The molecule has 2 N–H and O–H groups in total. The Kier molecular flexibility index (Phi) is 6.23. The molecule has 0 saturated carbocycles. The first kappa shape index (κ1) is 23.9. The van der Waals surface area contributed by atoms with Gasteiger partial charge in [-0.05, 0) is 39.0 Å². The molecule has 0 saturated heterocycles. The summed E-state index contributed by atoms with van der Waals surface area (Å²) in [5.74, 6) is -1.13. The zero-order valence-corrected chi connectivity index (χ0v) is 20.6. The number of hydrogen-bond acceptors (Lipinski definition) is 5. The molecular weight excluding hydrogens is 466 g/mol. The Labute approximate surface area is 212 Å². The van der Waals surface area contributed by atoms with E-state index in [1.807, 2.05) is 69.3 Å². The third-order valence-electron chi connectivity index (χ3n) is 6.13. The topological polar surface area (TPSA) is 106 Å². The van der Waals surface area contributed by atoms with E-state index in [0.717, 1.165) is 11.1 Å². The van der Waals surface area contributed by atoms with E-state index in [4.69, 9.17) is 4.98 Å². The molecule has 0 spiro atoms. The lowest BCUT2D eigenvalue weighted by Gasteiger charge is -2.14. The Morgan fingerprint density at radius 3 is 2.14 bits per heavy atom. The minimum Gasteiger partial charge on any atom is -0.267 e. The van der Waals surface area contributed by atoms with Crippen LogP contribution in [-0.4, -0.2) is 26.6 Å². The van der Waals surface area contributed by atoms with E-state index in [1.165, 1.54) is 4.68 Å². The average molecular weight is 492 g/mol. The van der Waals surface area contributed by atoms with Gasteiger partial charge in [-0.25, -0.2) is 9.67 Å². The summed E-state index contributed by atoms with van der Waals surface area (Å²) in [6.07, 6.45) is 0. The largest absolute Gasteiger partial charge is 0.290 e. The first-order valence-corrected chi connectivity index (χ1v) is 11.9. The number of nitrogens with zero attached hydrogens (tertiary/aromatic N) is 3. The third kappa shape index (κ3) is 4.56. The summed E-state index contributed by atoms with van der Waals surface area (Å²) < 4.78 is 1.27. The van der Waals surface area contributed by atoms with Crippen LogP contribution < -0.4 is 16.4 Å². The summed E-state index contributed by atoms with van der Waals surface area (Å²) in [5, 5.41) is 5.74. The van der Waals surface area contributed by atoms with Crippen molar-refractivity contribution in [3.63, 3.8) is 0 Å². The molecule has 2 aromatic heterocycles. The molecule has 37 heavy (non-hydrogen) atoms. The van der Waals surface area contributed by atoms with Gasteiger partial charge in [0, 0.05) is 16.3 Å². The zero-order chi connectivity index (χ0) is 26.1. The number of aromatic nitrogens is 3. The van der Waals surface area contributed by atoms with Crippen LogP contribution in [0.3, 0.4) is 0 Å². The van der Waals surface area contributed by atoms with Crippen LogP contribution >= 0.6 is 0 Å². The maximum Gasteiger partial charge on any atom is 0.290 e. The fourth-order valence-corrected chi connectivity index (χ4v) is 4.20. The van der Waals surface area contributed by atoms with Crippen LogP contribution in [0.15, 0.2) is 83.7 Å². The van der Waals surface area contributed by atoms with Crippen molar-refractivity contribution in [3.05, 3.63) is 106 Å². The Morgan fingerprint density at radius 1 is 0.811 bits per heavy atom. The van der Waals surface area contributed by atoms with Gasteiger partial charge in [0.15, 0.2) is 5.69 Å². The van der Waals surface area contributed by atoms with Crippen LogP contribution in [0.5, 0.6) is 0 Å². The van der Waals surface area contributed by atoms with Gasteiger partial charge in [-0.2, -0.15) is 5.10 Å². The highest BCUT2D eigenvalue weighted by Crippen LogP contribution is 2.25. The fraction of sp³-hybridized carbons (Fsp3) is 0.138. The van der Waals surface area contributed by atoms with Crippen molar-refractivity contribution in [2.24, 2.45) is 0 Å². The molecule has 0 aliphatic carbocycles. The Balaban J connectivity index is 1.48. The molecule has 5 aromatic rings. The Morgan fingerprint density at radius 2 is 1.43 bits per heavy atom. The quantitative estimate of drug-likeness (QED) is 0.358. The van der Waals surface area contributed by atoms with Crippen LogP contribution in [0.25, 0.3) is 32.9 Å². The molecule has 8 nitrogen and oxygen atoms in total. The lowest BCUT2D eigenvalue weighted by Crippen LogP contribution is -2.43. The fourth-order valence-electron chi connectivity index (χ4n) is 4.20. The van der Waals surface area contributed by atoms with E-state index in [0.29, 0.717) is 32.9 Å². The number of carbonyl (C=O) groups is 2. The second-order valence-electron chi connectivity index (χ2n) is 9.08. The molecule has 2 amide bonds. The number of hydrazine groups is 1. The standard InChI is InChI=1S/C29H25N5O3/c1-17(2)34-29(37)22-10-5-4-9-21(22)26(33-34)28(36)32-31-27(35)23-16-25(19-14-12-18(3)13-15-19)30-24-11-7-6-8-20(23)24/h4-17H,1-3H3,(H,31,35)(H,32,36). The lowest BCUT2D eigenvalue weighted by atomic mass is 10.0. The van der Waals surface area contributed by atoms with E-state index in [9.17, 15) is 14.4 Å². The third-order valence-corrected chi connectivity index (χ3v) is 6.13. The van der Waals surface area contributed by atoms with Gasteiger partial charge in [0.05, 0.1) is 28.2 Å². The highest BCUT2D eigenvalue weighted by atomic mass is 16.2. The first-order valence-electron chi connectivity index (χ1n) is 11.9. The van der Waals surface area contributed by atoms with Crippen molar-refractivity contribution >= 4 is 33.5 Å². The normalized spacial score (nSPS) is 11.1. The molecule has 3 aromatic carbocycles. The number of nitrogens with one attached hydrogen (secondary N) is 2. The maximum atomic E-state index is 13.3. The Bertz CT molecular complexity index is 1720. The molecule has 0 aliphatic rings. The van der Waals surface area contributed by atoms with Gasteiger partial charge in [-0.1, -0.05) is 66.2 Å². The van der Waals surface area contributed by atoms with Gasteiger partial charge >= 0.3 is 0 Å². The van der Waals surface area contributed by atoms with E-state index >= 15 is 0 Å². The van der Waals surface area contributed by atoms with E-state index in [1.54, 1.807) is 30.3 Å². The first-order chi connectivity index (χ1) is 17.8. The van der Waals surface area contributed by atoms with E-state index < -0.39 is 11.8 Å². The van der Waals surface area contributed by atoms with Gasteiger partial charge in [0.2, 0.25) is 0 Å². The summed E-state index contributed by atoms with van der Waals surface area (Å²) in [4.78, 5) is 43.9. The lowest BCUT2D eigenvalue weighted by molar-refractivity contribution is 0.0844. The number of fused-ring (bicyclic) bond motifs is 2.